The first-order valence-electron chi connectivity index (χ1n) is 22.7. The van der Waals surface area contributed by atoms with Crippen molar-refractivity contribution in [3.05, 3.63) is 253 Å². The predicted octanol–water partition coefficient (Wildman–Crippen LogP) is 17.1. The molecule has 2 heterocycles. The first-order chi connectivity index (χ1) is 32.3. The van der Waals surface area contributed by atoms with Gasteiger partial charge in [-0.3, -0.25) is 0 Å². The Hall–Kier alpha value is -8.34. The zero-order valence-corrected chi connectivity index (χ0v) is 37.7. The molecular weight excluding hydrogens is 801 g/mol. The summed E-state index contributed by atoms with van der Waals surface area (Å²) in [7, 11) is 0. The van der Waals surface area contributed by atoms with Crippen LogP contribution in [0.25, 0.3) is 55.7 Å². The van der Waals surface area contributed by atoms with E-state index in [4.69, 9.17) is 0 Å². The van der Waals surface area contributed by atoms with Gasteiger partial charge in [0.2, 0.25) is 0 Å². The normalized spacial score (nSPS) is 11.3. The van der Waals surface area contributed by atoms with Crippen molar-refractivity contribution < 1.29 is 0 Å². The minimum absolute atomic E-state index is 1.10. The summed E-state index contributed by atoms with van der Waals surface area (Å²) in [4.78, 5) is 4.67. The largest absolute Gasteiger partial charge is 0.310 e. The van der Waals surface area contributed by atoms with Crippen LogP contribution in [-0.2, 0) is 0 Å². The number of anilines is 6. The highest BCUT2D eigenvalue weighted by Gasteiger charge is 2.21. The van der Waals surface area contributed by atoms with Crippen LogP contribution in [0.1, 0.15) is 22.3 Å². The van der Waals surface area contributed by atoms with Crippen molar-refractivity contribution in [1.82, 2.24) is 9.13 Å². The van der Waals surface area contributed by atoms with Gasteiger partial charge >= 0.3 is 0 Å². The van der Waals surface area contributed by atoms with Gasteiger partial charge < -0.3 is 18.9 Å². The average Bonchev–Trinajstić information content (AvgIpc) is 3.90. The highest BCUT2D eigenvalue weighted by Crippen LogP contribution is 2.42. The van der Waals surface area contributed by atoms with Crippen LogP contribution in [-0.4, -0.2) is 9.13 Å². The maximum Gasteiger partial charge on any atom is 0.0542 e. The molecular formula is C62H50N4. The Bertz CT molecular complexity index is 3270. The van der Waals surface area contributed by atoms with Gasteiger partial charge in [-0.2, -0.15) is 0 Å². The average molecular weight is 851 g/mol. The van der Waals surface area contributed by atoms with Crippen LogP contribution >= 0.6 is 0 Å². The molecule has 2 aromatic heterocycles. The third kappa shape index (κ3) is 7.63. The number of para-hydroxylation sites is 2. The molecule has 0 radical (unpaired) electrons. The van der Waals surface area contributed by atoms with Gasteiger partial charge in [-0.25, -0.2) is 0 Å². The fourth-order valence-electron chi connectivity index (χ4n) is 9.59. The van der Waals surface area contributed by atoms with Crippen LogP contribution in [0.4, 0.5) is 34.1 Å². The van der Waals surface area contributed by atoms with E-state index in [0.29, 0.717) is 0 Å². The molecule has 0 aliphatic carbocycles. The van der Waals surface area contributed by atoms with Crippen LogP contribution in [0.3, 0.4) is 0 Å². The second-order valence-corrected chi connectivity index (χ2v) is 17.5. The number of rotatable bonds is 10. The predicted molar refractivity (Wildman–Crippen MR) is 279 cm³/mol. The summed E-state index contributed by atoms with van der Waals surface area (Å²) in [6, 6.07) is 84.0. The van der Waals surface area contributed by atoms with Crippen LogP contribution in [0.15, 0.2) is 231 Å². The molecule has 0 bridgehead atoms. The van der Waals surface area contributed by atoms with E-state index < -0.39 is 0 Å². The molecule has 0 aliphatic heterocycles. The van der Waals surface area contributed by atoms with E-state index in [1.807, 2.05) is 0 Å². The van der Waals surface area contributed by atoms with Crippen molar-refractivity contribution in [2.45, 2.75) is 27.7 Å². The Kier molecular flexibility index (Phi) is 10.4. The highest BCUT2D eigenvalue weighted by molar-refractivity contribution is 6.02. The lowest BCUT2D eigenvalue weighted by molar-refractivity contribution is 1.13. The van der Waals surface area contributed by atoms with Gasteiger partial charge in [0, 0.05) is 56.3 Å². The standard InChI is InChI=1S/C62H50N4/c1-43-15-11-19-47(35-43)59-39-49-41-62-50(42-61(49)65(59)55-31-27-53(28-32-55)63(51-21-7-5-8-22-51)57-25-13-17-45(3)37-57)40-60(48-20-12-16-44(2)36-48)66(62)56-33-29-54(30-34-56)64(52-23-9-6-10-24-52)58-26-14-18-46(4)38-58/h5-42H,1-4H3. The molecule has 0 amide bonds. The van der Waals surface area contributed by atoms with E-state index in [1.165, 1.54) is 44.2 Å². The van der Waals surface area contributed by atoms with Crippen molar-refractivity contribution in [3.8, 4) is 33.9 Å². The van der Waals surface area contributed by atoms with Crippen LogP contribution in [0, 0.1) is 27.7 Å². The van der Waals surface area contributed by atoms with E-state index in [1.54, 1.807) is 0 Å². The van der Waals surface area contributed by atoms with Crippen molar-refractivity contribution >= 4 is 55.9 Å². The highest BCUT2D eigenvalue weighted by atomic mass is 15.1. The lowest BCUT2D eigenvalue weighted by atomic mass is 10.1. The minimum atomic E-state index is 1.10. The maximum absolute atomic E-state index is 2.44. The Morgan fingerprint density at radius 3 is 0.970 bits per heavy atom. The lowest BCUT2D eigenvalue weighted by Crippen LogP contribution is -2.10. The first kappa shape index (κ1) is 40.4. The summed E-state index contributed by atoms with van der Waals surface area (Å²) in [5.74, 6) is 0. The Labute approximate surface area is 387 Å². The third-order valence-electron chi connectivity index (χ3n) is 12.6. The summed E-state index contributed by atoms with van der Waals surface area (Å²) in [5.41, 5.74) is 20.8. The smallest absolute Gasteiger partial charge is 0.0542 e. The number of hydrogen-bond acceptors (Lipinski definition) is 2. The zero-order valence-electron chi connectivity index (χ0n) is 37.7. The summed E-state index contributed by atoms with van der Waals surface area (Å²) < 4.78 is 4.88. The number of nitrogens with zero attached hydrogens (tertiary/aromatic N) is 4. The zero-order chi connectivity index (χ0) is 44.7. The van der Waals surface area contributed by atoms with Gasteiger partial charge in [-0.15, -0.1) is 0 Å². The molecule has 0 fully saturated rings. The molecule has 4 heteroatoms. The monoisotopic (exact) mass is 850 g/mol. The van der Waals surface area contributed by atoms with Gasteiger partial charge in [-0.05, 0) is 183 Å². The molecule has 0 aliphatic rings. The van der Waals surface area contributed by atoms with Gasteiger partial charge in [0.25, 0.3) is 0 Å². The first-order valence-corrected chi connectivity index (χ1v) is 22.7. The van der Waals surface area contributed by atoms with Crippen molar-refractivity contribution in [1.29, 1.82) is 0 Å². The van der Waals surface area contributed by atoms with Crippen molar-refractivity contribution in [2.75, 3.05) is 9.80 Å². The molecule has 0 atom stereocenters. The second kappa shape index (κ2) is 17.0. The Morgan fingerprint density at radius 2 is 0.606 bits per heavy atom. The second-order valence-electron chi connectivity index (χ2n) is 17.5. The Balaban J connectivity index is 1.08. The quantitative estimate of drug-likeness (QED) is 0.136. The van der Waals surface area contributed by atoms with Gasteiger partial charge in [0.1, 0.15) is 0 Å². The maximum atomic E-state index is 2.44. The van der Waals surface area contributed by atoms with Crippen molar-refractivity contribution in [3.63, 3.8) is 0 Å². The molecule has 318 valence electrons. The number of aryl methyl sites for hydroxylation is 4. The van der Waals surface area contributed by atoms with E-state index in [9.17, 15) is 0 Å². The summed E-state index contributed by atoms with van der Waals surface area (Å²) in [5, 5.41) is 2.35. The van der Waals surface area contributed by atoms with E-state index in [0.717, 1.165) is 67.9 Å². The molecule has 66 heavy (non-hydrogen) atoms. The number of hydrogen-bond donors (Lipinski definition) is 0. The SMILES string of the molecule is Cc1cccc(-c2cc3cc4c(cc(-c5cccc(C)c5)n4-c4ccc(N(c5ccccc5)c5cccc(C)c5)cc4)cc3n2-c2ccc(N(c3ccccc3)c3cccc(C)c3)cc2)c1. The molecule has 0 saturated carbocycles. The molecule has 11 aromatic rings. The topological polar surface area (TPSA) is 16.3 Å². The summed E-state index contributed by atoms with van der Waals surface area (Å²) in [6.07, 6.45) is 0. The summed E-state index contributed by atoms with van der Waals surface area (Å²) >= 11 is 0. The van der Waals surface area contributed by atoms with E-state index in [-0.39, 0.29) is 0 Å². The number of benzene rings is 9. The fraction of sp³-hybridized carbons (Fsp3) is 0.0645. The molecule has 11 rings (SSSR count). The Morgan fingerprint density at radius 1 is 0.273 bits per heavy atom. The van der Waals surface area contributed by atoms with Crippen LogP contribution < -0.4 is 9.80 Å². The number of aromatic nitrogens is 2. The van der Waals surface area contributed by atoms with Crippen molar-refractivity contribution in [2.24, 2.45) is 0 Å². The van der Waals surface area contributed by atoms with E-state index in [2.05, 4.69) is 277 Å². The molecule has 0 unspecified atom stereocenters. The number of fused-ring (bicyclic) bond motifs is 2. The lowest BCUT2D eigenvalue weighted by Gasteiger charge is -2.26. The molecule has 9 aromatic carbocycles. The van der Waals surface area contributed by atoms with Crippen LogP contribution in [0.5, 0.6) is 0 Å². The third-order valence-corrected chi connectivity index (χ3v) is 12.6. The molecule has 0 N–H and O–H groups in total. The molecule has 4 nitrogen and oxygen atoms in total. The van der Waals surface area contributed by atoms with Crippen LogP contribution in [0.2, 0.25) is 0 Å². The minimum Gasteiger partial charge on any atom is -0.310 e. The van der Waals surface area contributed by atoms with Gasteiger partial charge in [-0.1, -0.05) is 108 Å². The van der Waals surface area contributed by atoms with E-state index >= 15 is 0 Å². The fourth-order valence-corrected chi connectivity index (χ4v) is 9.59. The van der Waals surface area contributed by atoms with Gasteiger partial charge in [0.15, 0.2) is 0 Å². The van der Waals surface area contributed by atoms with Gasteiger partial charge in [0.05, 0.1) is 22.4 Å². The molecule has 0 saturated heterocycles. The summed E-state index contributed by atoms with van der Waals surface area (Å²) in [6.45, 7) is 8.64. The molecule has 0 spiro atoms.